The van der Waals surface area contributed by atoms with Crippen molar-refractivity contribution in [2.24, 2.45) is 11.8 Å². The number of fused-ring (bicyclic) bond motifs is 2. The average molecular weight is 393 g/mol. The van der Waals surface area contributed by atoms with Crippen LogP contribution in [-0.4, -0.2) is 48.5 Å². The number of hydrogen-bond donors (Lipinski definition) is 1. The number of piperidine rings is 1. The second kappa shape index (κ2) is 6.43. The standard InChI is InChI=1S/C21H23N5O3/c1-12-3-6-17(26(28)29)20(22-12)25-10-15-16(11-25)19(15)23-21(27)14-5-4-13-7-8-24(2)18(13)9-14/h3-6,9,15-16,19H,7-8,10-11H2,1-2H3,(H,23,27)/t15-,16+,19?. The Balaban J connectivity index is 1.25. The summed E-state index contributed by atoms with van der Waals surface area (Å²) in [5.41, 5.74) is 3.92. The fourth-order valence-corrected chi connectivity index (χ4v) is 4.74. The molecule has 1 unspecified atom stereocenters. The number of nitrogens with one attached hydrogen (secondary N) is 1. The van der Waals surface area contributed by atoms with Gasteiger partial charge in [0.2, 0.25) is 5.82 Å². The van der Waals surface area contributed by atoms with E-state index < -0.39 is 0 Å². The summed E-state index contributed by atoms with van der Waals surface area (Å²) >= 11 is 0. The van der Waals surface area contributed by atoms with Crippen LogP contribution in [0.5, 0.6) is 0 Å². The molecule has 0 spiro atoms. The van der Waals surface area contributed by atoms with Crippen LogP contribution in [0.25, 0.3) is 0 Å². The minimum absolute atomic E-state index is 0.0414. The quantitative estimate of drug-likeness (QED) is 0.632. The molecule has 2 aliphatic heterocycles. The molecule has 3 aliphatic rings. The van der Waals surface area contributed by atoms with Crippen LogP contribution in [0.1, 0.15) is 21.6 Å². The Kier molecular flexibility index (Phi) is 3.97. The third-order valence-corrected chi connectivity index (χ3v) is 6.46. The van der Waals surface area contributed by atoms with Crippen LogP contribution in [0.15, 0.2) is 30.3 Å². The van der Waals surface area contributed by atoms with Crippen LogP contribution in [-0.2, 0) is 6.42 Å². The molecule has 1 saturated heterocycles. The van der Waals surface area contributed by atoms with E-state index in [0.717, 1.165) is 24.3 Å². The summed E-state index contributed by atoms with van der Waals surface area (Å²) in [7, 11) is 2.05. The highest BCUT2D eigenvalue weighted by atomic mass is 16.6. The molecule has 1 aromatic heterocycles. The molecule has 8 heteroatoms. The van der Waals surface area contributed by atoms with Gasteiger partial charge in [-0.05, 0) is 37.1 Å². The van der Waals surface area contributed by atoms with E-state index in [0.29, 0.717) is 36.3 Å². The molecule has 1 aliphatic carbocycles. The molecule has 8 nitrogen and oxygen atoms in total. The molecule has 1 amide bonds. The topological polar surface area (TPSA) is 91.6 Å². The van der Waals surface area contributed by atoms with Crippen LogP contribution in [0.3, 0.4) is 0 Å². The minimum atomic E-state index is -0.379. The maximum atomic E-state index is 12.7. The van der Waals surface area contributed by atoms with Crippen LogP contribution in [0.2, 0.25) is 0 Å². The maximum absolute atomic E-state index is 12.7. The highest BCUT2D eigenvalue weighted by Crippen LogP contribution is 2.47. The van der Waals surface area contributed by atoms with E-state index in [4.69, 9.17) is 0 Å². The smallest absolute Gasteiger partial charge is 0.311 e. The molecule has 3 heterocycles. The highest BCUT2D eigenvalue weighted by Gasteiger charge is 2.57. The first-order valence-corrected chi connectivity index (χ1v) is 9.94. The Bertz CT molecular complexity index is 1010. The zero-order valence-corrected chi connectivity index (χ0v) is 16.5. The van der Waals surface area contributed by atoms with Gasteiger partial charge in [-0.2, -0.15) is 0 Å². The molecule has 0 radical (unpaired) electrons. The molecule has 29 heavy (non-hydrogen) atoms. The number of likely N-dealkylation sites (N-methyl/N-ethyl adjacent to an activating group) is 1. The summed E-state index contributed by atoms with van der Waals surface area (Å²) in [6, 6.07) is 9.24. The third-order valence-electron chi connectivity index (χ3n) is 6.46. The van der Waals surface area contributed by atoms with Crippen molar-refractivity contribution in [3.8, 4) is 0 Å². The van der Waals surface area contributed by atoms with Crippen molar-refractivity contribution in [3.63, 3.8) is 0 Å². The van der Waals surface area contributed by atoms with Gasteiger partial charge in [-0.1, -0.05) is 6.07 Å². The summed E-state index contributed by atoms with van der Waals surface area (Å²) in [6.07, 6.45) is 1.02. The van der Waals surface area contributed by atoms with Crippen molar-refractivity contribution >= 4 is 23.1 Å². The molecule has 3 atom stereocenters. The van der Waals surface area contributed by atoms with Crippen molar-refractivity contribution in [2.75, 3.05) is 36.5 Å². The van der Waals surface area contributed by atoms with E-state index >= 15 is 0 Å². The second-order valence-electron chi connectivity index (χ2n) is 8.30. The van der Waals surface area contributed by atoms with E-state index in [2.05, 4.69) is 15.2 Å². The predicted octanol–water partition coefficient (Wildman–Crippen LogP) is 2.16. The molecular formula is C21H23N5O3. The number of hydrogen-bond acceptors (Lipinski definition) is 6. The first kappa shape index (κ1) is 17.9. The van der Waals surface area contributed by atoms with Gasteiger partial charge >= 0.3 is 5.69 Å². The lowest BCUT2D eigenvalue weighted by atomic mass is 10.1. The van der Waals surface area contributed by atoms with E-state index in [-0.39, 0.29) is 22.6 Å². The first-order chi connectivity index (χ1) is 13.9. The Morgan fingerprint density at radius 3 is 2.72 bits per heavy atom. The van der Waals surface area contributed by atoms with E-state index in [9.17, 15) is 14.9 Å². The van der Waals surface area contributed by atoms with Gasteiger partial charge in [0.25, 0.3) is 5.91 Å². The zero-order valence-electron chi connectivity index (χ0n) is 16.5. The number of aromatic nitrogens is 1. The van der Waals surface area contributed by atoms with Crippen molar-refractivity contribution in [1.29, 1.82) is 0 Å². The van der Waals surface area contributed by atoms with Gasteiger partial charge in [0.1, 0.15) is 0 Å². The van der Waals surface area contributed by atoms with Gasteiger partial charge in [-0.3, -0.25) is 14.9 Å². The number of pyridine rings is 1. The minimum Gasteiger partial charge on any atom is -0.374 e. The zero-order chi connectivity index (χ0) is 20.3. The van der Waals surface area contributed by atoms with E-state index in [1.165, 1.54) is 11.6 Å². The van der Waals surface area contributed by atoms with Crippen LogP contribution in [0.4, 0.5) is 17.2 Å². The molecule has 1 N–H and O–H groups in total. The summed E-state index contributed by atoms with van der Waals surface area (Å²) in [6.45, 7) is 4.18. The number of nitro groups is 1. The summed E-state index contributed by atoms with van der Waals surface area (Å²) < 4.78 is 0. The molecule has 1 aromatic carbocycles. The lowest BCUT2D eigenvalue weighted by molar-refractivity contribution is -0.384. The number of carbonyl (C=O) groups excluding carboxylic acids is 1. The number of amides is 1. The molecule has 2 fully saturated rings. The Morgan fingerprint density at radius 2 is 2.00 bits per heavy atom. The summed E-state index contributed by atoms with van der Waals surface area (Å²) in [5.74, 6) is 1.03. The summed E-state index contributed by atoms with van der Waals surface area (Å²) in [5, 5.41) is 14.5. The van der Waals surface area contributed by atoms with Gasteiger partial charge in [-0.15, -0.1) is 0 Å². The lowest BCUT2D eigenvalue weighted by Crippen LogP contribution is -2.35. The average Bonchev–Trinajstić information content (AvgIpc) is 3.04. The normalized spacial score (nSPS) is 24.3. The monoisotopic (exact) mass is 393 g/mol. The number of anilines is 2. The Labute approximate surface area is 168 Å². The predicted molar refractivity (Wildman–Crippen MR) is 109 cm³/mol. The number of carbonyl (C=O) groups is 1. The van der Waals surface area contributed by atoms with Gasteiger partial charge in [0, 0.05) is 67.6 Å². The van der Waals surface area contributed by atoms with Crippen LogP contribution in [0, 0.1) is 28.9 Å². The molecule has 1 saturated carbocycles. The molecular weight excluding hydrogens is 370 g/mol. The summed E-state index contributed by atoms with van der Waals surface area (Å²) in [4.78, 5) is 32.2. The fourth-order valence-electron chi connectivity index (χ4n) is 4.74. The van der Waals surface area contributed by atoms with Crippen molar-refractivity contribution < 1.29 is 9.72 Å². The van der Waals surface area contributed by atoms with Gasteiger partial charge in [0.15, 0.2) is 0 Å². The Hall–Kier alpha value is -3.16. The van der Waals surface area contributed by atoms with Crippen molar-refractivity contribution in [3.05, 3.63) is 57.3 Å². The van der Waals surface area contributed by atoms with Crippen LogP contribution >= 0.6 is 0 Å². The van der Waals surface area contributed by atoms with Crippen molar-refractivity contribution in [1.82, 2.24) is 10.3 Å². The third kappa shape index (κ3) is 2.99. The number of rotatable bonds is 4. The second-order valence-corrected chi connectivity index (χ2v) is 8.30. The van der Waals surface area contributed by atoms with Gasteiger partial charge < -0.3 is 15.1 Å². The van der Waals surface area contributed by atoms with Crippen molar-refractivity contribution in [2.45, 2.75) is 19.4 Å². The maximum Gasteiger partial charge on any atom is 0.311 e. The first-order valence-electron chi connectivity index (χ1n) is 9.94. The van der Waals surface area contributed by atoms with Gasteiger partial charge in [0.05, 0.1) is 4.92 Å². The molecule has 2 aromatic rings. The largest absolute Gasteiger partial charge is 0.374 e. The molecule has 5 rings (SSSR count). The molecule has 0 bridgehead atoms. The molecule has 150 valence electrons. The highest BCUT2D eigenvalue weighted by molar-refractivity contribution is 5.96. The number of nitrogens with zero attached hydrogens (tertiary/aromatic N) is 4. The van der Waals surface area contributed by atoms with Crippen LogP contribution < -0.4 is 15.1 Å². The Morgan fingerprint density at radius 1 is 1.24 bits per heavy atom. The number of aryl methyl sites for hydroxylation is 1. The van der Waals surface area contributed by atoms with Gasteiger partial charge in [-0.25, -0.2) is 4.98 Å². The fraction of sp³-hybridized carbons (Fsp3) is 0.429. The number of benzene rings is 1. The lowest BCUT2D eigenvalue weighted by Gasteiger charge is -2.21. The van der Waals surface area contributed by atoms with E-state index in [1.807, 2.05) is 37.1 Å². The SMILES string of the molecule is Cc1ccc([N+](=O)[O-])c(N2C[C@@H]3C(NC(=O)c4ccc5c(c4)N(C)CC5)[C@@H]3C2)n1. The van der Waals surface area contributed by atoms with E-state index in [1.54, 1.807) is 6.07 Å².